The van der Waals surface area contributed by atoms with Crippen molar-refractivity contribution in [2.24, 2.45) is 0 Å². The number of hydrogen-bond acceptors (Lipinski definition) is 6. The van der Waals surface area contributed by atoms with Crippen LogP contribution in [0.5, 0.6) is 5.75 Å². The number of nitrogen functional groups attached to an aromatic ring is 1. The Morgan fingerprint density at radius 2 is 1.68 bits per heavy atom. The average Bonchev–Trinajstić information content (AvgIpc) is 2.76. The van der Waals surface area contributed by atoms with Gasteiger partial charge in [-0.25, -0.2) is 4.79 Å². The Kier molecular flexibility index (Phi) is 5.44. The van der Waals surface area contributed by atoms with Crippen LogP contribution in [0.3, 0.4) is 0 Å². The third-order valence-electron chi connectivity index (χ3n) is 4.44. The van der Waals surface area contributed by atoms with E-state index in [4.69, 9.17) is 10.5 Å². The van der Waals surface area contributed by atoms with Crippen LogP contribution in [0.4, 0.5) is 21.9 Å². The molecule has 2 aromatic heterocycles. The van der Waals surface area contributed by atoms with E-state index >= 15 is 0 Å². The lowest BCUT2D eigenvalue weighted by molar-refractivity contribution is 0.102. The second-order valence-electron chi connectivity index (χ2n) is 6.79. The third kappa shape index (κ3) is 4.76. The Morgan fingerprint density at radius 1 is 0.935 bits per heavy atom. The number of pyridine rings is 2. The molecular weight excluding hydrogens is 394 g/mol. The molecule has 2 aromatic carbocycles. The van der Waals surface area contributed by atoms with E-state index in [1.807, 2.05) is 6.92 Å². The summed E-state index contributed by atoms with van der Waals surface area (Å²) in [4.78, 5) is 32.8. The molecule has 4 rings (SSSR count). The fraction of sp³-hybridized carbons (Fsp3) is 0.0435. The zero-order chi connectivity index (χ0) is 21.8. The first kappa shape index (κ1) is 19.8. The molecule has 0 bridgehead atoms. The van der Waals surface area contributed by atoms with Gasteiger partial charge in [0, 0.05) is 34.3 Å². The summed E-state index contributed by atoms with van der Waals surface area (Å²) in [5, 5.41) is 6.09. The fourth-order valence-electron chi connectivity index (χ4n) is 3.01. The van der Waals surface area contributed by atoms with Crippen LogP contribution in [0.1, 0.15) is 16.2 Å². The van der Waals surface area contributed by atoms with Crippen molar-refractivity contribution in [3.63, 3.8) is 0 Å². The van der Waals surface area contributed by atoms with Gasteiger partial charge in [0.25, 0.3) is 5.91 Å². The van der Waals surface area contributed by atoms with Gasteiger partial charge in [-0.15, -0.1) is 0 Å². The SMILES string of the molecule is Cc1cc(N)c2cc(OC(=O)Nc3ccc(NC(=O)c4ccccn4)cc3)ccc2n1. The Balaban J connectivity index is 1.38. The first-order valence-electron chi connectivity index (χ1n) is 9.46. The summed E-state index contributed by atoms with van der Waals surface area (Å²) >= 11 is 0. The summed E-state index contributed by atoms with van der Waals surface area (Å²) in [6.45, 7) is 1.86. The molecule has 0 aliphatic heterocycles. The highest BCUT2D eigenvalue weighted by molar-refractivity contribution is 6.03. The lowest BCUT2D eigenvalue weighted by Crippen LogP contribution is -2.17. The molecule has 0 aliphatic rings. The summed E-state index contributed by atoms with van der Waals surface area (Å²) in [6, 6.07) is 18.6. The van der Waals surface area contributed by atoms with Gasteiger partial charge in [0.15, 0.2) is 0 Å². The summed E-state index contributed by atoms with van der Waals surface area (Å²) in [6.07, 6.45) is 0.901. The Hall–Kier alpha value is -4.46. The number of nitrogens with one attached hydrogen (secondary N) is 2. The molecule has 0 atom stereocenters. The van der Waals surface area contributed by atoms with E-state index in [0.29, 0.717) is 33.9 Å². The molecular formula is C23H19N5O3. The van der Waals surface area contributed by atoms with Gasteiger partial charge in [0.1, 0.15) is 11.4 Å². The van der Waals surface area contributed by atoms with Crippen molar-refractivity contribution in [1.82, 2.24) is 9.97 Å². The number of rotatable bonds is 4. The predicted molar refractivity (Wildman–Crippen MR) is 119 cm³/mol. The molecule has 0 spiro atoms. The largest absolute Gasteiger partial charge is 0.417 e. The van der Waals surface area contributed by atoms with E-state index in [0.717, 1.165) is 11.2 Å². The van der Waals surface area contributed by atoms with Crippen molar-refractivity contribution in [3.05, 3.63) is 84.3 Å². The lowest BCUT2D eigenvalue weighted by atomic mass is 10.1. The standard InChI is InChI=1S/C23H19N5O3/c1-14-12-19(24)18-13-17(9-10-20(18)26-14)31-23(30)28-16-7-5-15(6-8-16)27-22(29)21-4-2-3-11-25-21/h2-13H,1H3,(H2,24,26)(H,27,29)(H,28,30). The maximum Gasteiger partial charge on any atom is 0.417 e. The molecule has 8 nitrogen and oxygen atoms in total. The zero-order valence-electron chi connectivity index (χ0n) is 16.6. The lowest BCUT2D eigenvalue weighted by Gasteiger charge is -2.10. The summed E-state index contributed by atoms with van der Waals surface area (Å²) in [7, 11) is 0. The van der Waals surface area contributed by atoms with Crippen LogP contribution in [0, 0.1) is 6.92 Å². The molecule has 0 saturated heterocycles. The van der Waals surface area contributed by atoms with Crippen LogP contribution in [-0.2, 0) is 0 Å². The number of hydrogen-bond donors (Lipinski definition) is 3. The van der Waals surface area contributed by atoms with Crippen LogP contribution >= 0.6 is 0 Å². The molecule has 0 aliphatic carbocycles. The number of anilines is 3. The highest BCUT2D eigenvalue weighted by atomic mass is 16.6. The quantitative estimate of drug-likeness (QED) is 0.457. The van der Waals surface area contributed by atoms with Crippen molar-refractivity contribution in [1.29, 1.82) is 0 Å². The molecule has 0 fully saturated rings. The van der Waals surface area contributed by atoms with Gasteiger partial charge in [-0.05, 0) is 67.6 Å². The van der Waals surface area contributed by atoms with E-state index < -0.39 is 6.09 Å². The normalized spacial score (nSPS) is 10.5. The number of nitrogens with zero attached hydrogens (tertiary/aromatic N) is 2. The highest BCUT2D eigenvalue weighted by Crippen LogP contribution is 2.25. The topological polar surface area (TPSA) is 119 Å². The maximum atomic E-state index is 12.2. The number of carbonyl (C=O) groups is 2. The average molecular weight is 413 g/mol. The van der Waals surface area contributed by atoms with Crippen molar-refractivity contribution in [2.45, 2.75) is 6.92 Å². The van der Waals surface area contributed by atoms with Gasteiger partial charge < -0.3 is 15.8 Å². The number of aryl methyl sites for hydroxylation is 1. The van der Waals surface area contributed by atoms with E-state index in [2.05, 4.69) is 20.6 Å². The van der Waals surface area contributed by atoms with Crippen LogP contribution in [-0.4, -0.2) is 22.0 Å². The Morgan fingerprint density at radius 3 is 2.39 bits per heavy atom. The Labute approximate surface area is 178 Å². The zero-order valence-corrected chi connectivity index (χ0v) is 16.6. The molecule has 0 unspecified atom stereocenters. The number of amides is 2. The minimum Gasteiger partial charge on any atom is -0.410 e. The first-order valence-corrected chi connectivity index (χ1v) is 9.46. The van der Waals surface area contributed by atoms with E-state index in [9.17, 15) is 9.59 Å². The van der Waals surface area contributed by atoms with E-state index in [1.54, 1.807) is 72.9 Å². The monoisotopic (exact) mass is 413 g/mol. The molecule has 0 saturated carbocycles. The molecule has 8 heteroatoms. The summed E-state index contributed by atoms with van der Waals surface area (Å²) in [5.74, 6) is 0.0302. The second kappa shape index (κ2) is 8.50. The first-order chi connectivity index (χ1) is 15.0. The van der Waals surface area contributed by atoms with Crippen molar-refractivity contribution in [3.8, 4) is 5.75 Å². The molecule has 2 amide bonds. The number of benzene rings is 2. The number of carbonyl (C=O) groups excluding carboxylic acids is 2. The molecule has 0 radical (unpaired) electrons. The second-order valence-corrected chi connectivity index (χ2v) is 6.79. The van der Waals surface area contributed by atoms with Gasteiger partial charge >= 0.3 is 6.09 Å². The smallest absolute Gasteiger partial charge is 0.410 e. The van der Waals surface area contributed by atoms with Gasteiger partial charge in [0.2, 0.25) is 0 Å². The van der Waals surface area contributed by atoms with Gasteiger partial charge in [0.05, 0.1) is 5.52 Å². The van der Waals surface area contributed by atoms with Crippen LogP contribution < -0.4 is 21.1 Å². The highest BCUT2D eigenvalue weighted by Gasteiger charge is 2.10. The van der Waals surface area contributed by atoms with Gasteiger partial charge in [-0.1, -0.05) is 6.07 Å². The minimum absolute atomic E-state index is 0.315. The van der Waals surface area contributed by atoms with Crippen molar-refractivity contribution in [2.75, 3.05) is 16.4 Å². The summed E-state index contributed by atoms with van der Waals surface area (Å²) in [5.41, 5.74) is 9.55. The summed E-state index contributed by atoms with van der Waals surface area (Å²) < 4.78 is 5.35. The van der Waals surface area contributed by atoms with E-state index in [-0.39, 0.29) is 5.91 Å². The van der Waals surface area contributed by atoms with Crippen LogP contribution in [0.2, 0.25) is 0 Å². The number of nitrogens with two attached hydrogens (primary N) is 1. The third-order valence-corrected chi connectivity index (χ3v) is 4.44. The fourth-order valence-corrected chi connectivity index (χ4v) is 3.01. The maximum absolute atomic E-state index is 12.2. The van der Waals surface area contributed by atoms with Crippen LogP contribution in [0.15, 0.2) is 72.9 Å². The van der Waals surface area contributed by atoms with Gasteiger partial charge in [-0.3, -0.25) is 20.1 Å². The van der Waals surface area contributed by atoms with Crippen molar-refractivity contribution >= 4 is 40.0 Å². The molecule has 31 heavy (non-hydrogen) atoms. The van der Waals surface area contributed by atoms with Gasteiger partial charge in [-0.2, -0.15) is 0 Å². The molecule has 4 aromatic rings. The molecule has 154 valence electrons. The molecule has 4 N–H and O–H groups in total. The number of fused-ring (bicyclic) bond motifs is 1. The van der Waals surface area contributed by atoms with Crippen molar-refractivity contribution < 1.29 is 14.3 Å². The number of ether oxygens (including phenoxy) is 1. The van der Waals surface area contributed by atoms with E-state index in [1.165, 1.54) is 0 Å². The van der Waals surface area contributed by atoms with Crippen LogP contribution in [0.25, 0.3) is 10.9 Å². The number of aromatic nitrogens is 2. The predicted octanol–water partition coefficient (Wildman–Crippen LogP) is 4.38. The minimum atomic E-state index is -0.650. The molecule has 2 heterocycles. The Bertz CT molecular complexity index is 1260.